The van der Waals surface area contributed by atoms with Crippen LogP contribution in [0.1, 0.15) is 26.4 Å². The van der Waals surface area contributed by atoms with E-state index in [1.54, 1.807) is 24.3 Å². The minimum Gasteiger partial charge on any atom is -0.324 e. The van der Waals surface area contributed by atoms with Crippen molar-refractivity contribution in [3.8, 4) is 0 Å². The Morgan fingerprint density at radius 1 is 1.26 bits per heavy atom. The smallest absolute Gasteiger partial charge is 0.280 e. The highest BCUT2D eigenvalue weighted by atomic mass is 35.5. The number of carbonyl (C=O) groups is 3. The number of hydrogen-bond donors (Lipinski definition) is 1. The van der Waals surface area contributed by atoms with Crippen LogP contribution in [0.15, 0.2) is 36.5 Å². The van der Waals surface area contributed by atoms with Gasteiger partial charge in [0.1, 0.15) is 12.2 Å². The molecule has 0 spiro atoms. The number of nitrogens with zero attached hydrogens (tertiary/aromatic N) is 2. The molecule has 1 aliphatic heterocycles. The second-order valence-electron chi connectivity index (χ2n) is 5.10. The predicted molar refractivity (Wildman–Crippen MR) is 84.4 cm³/mol. The Morgan fingerprint density at radius 2 is 2.04 bits per heavy atom. The topological polar surface area (TPSA) is 79.4 Å². The van der Waals surface area contributed by atoms with Crippen LogP contribution in [0.4, 0.5) is 5.69 Å². The first kappa shape index (κ1) is 15.2. The molecule has 7 heteroatoms. The number of imide groups is 1. The molecule has 1 aliphatic rings. The summed E-state index contributed by atoms with van der Waals surface area (Å²) in [4.78, 5) is 41.3. The monoisotopic (exact) mass is 329 g/mol. The fourth-order valence-electron chi connectivity index (χ4n) is 2.32. The fraction of sp³-hybridized carbons (Fsp3) is 0.125. The molecule has 23 heavy (non-hydrogen) atoms. The number of anilines is 1. The number of halogens is 1. The van der Waals surface area contributed by atoms with Gasteiger partial charge in [-0.25, -0.2) is 0 Å². The number of aromatic nitrogens is 1. The van der Waals surface area contributed by atoms with Gasteiger partial charge < -0.3 is 5.32 Å². The molecule has 1 N–H and O–H groups in total. The molecule has 3 rings (SSSR count). The maximum Gasteiger partial charge on any atom is 0.280 e. The average Bonchev–Trinajstić information content (AvgIpc) is 2.76. The highest BCUT2D eigenvalue weighted by Crippen LogP contribution is 2.22. The maximum atomic E-state index is 12.2. The molecule has 0 fully saturated rings. The van der Waals surface area contributed by atoms with Crippen molar-refractivity contribution in [2.24, 2.45) is 0 Å². The number of benzene rings is 1. The molecule has 0 saturated heterocycles. The zero-order valence-corrected chi connectivity index (χ0v) is 12.9. The third kappa shape index (κ3) is 2.80. The summed E-state index contributed by atoms with van der Waals surface area (Å²) in [6.45, 7) is 1.44. The van der Waals surface area contributed by atoms with Crippen molar-refractivity contribution >= 4 is 35.0 Å². The molecular formula is C16H12ClN3O3. The Labute approximate surface area is 137 Å². The summed E-state index contributed by atoms with van der Waals surface area (Å²) in [7, 11) is 0. The van der Waals surface area contributed by atoms with Gasteiger partial charge in [-0.1, -0.05) is 17.7 Å². The van der Waals surface area contributed by atoms with Crippen molar-refractivity contribution in [1.82, 2.24) is 9.88 Å². The molecule has 116 valence electrons. The van der Waals surface area contributed by atoms with Crippen LogP contribution in [0.5, 0.6) is 0 Å². The van der Waals surface area contributed by atoms with Crippen molar-refractivity contribution in [1.29, 1.82) is 0 Å². The van der Waals surface area contributed by atoms with Crippen LogP contribution in [0.25, 0.3) is 0 Å². The minimum absolute atomic E-state index is 0.0734. The van der Waals surface area contributed by atoms with Gasteiger partial charge in [0.2, 0.25) is 5.91 Å². The molecule has 3 amide bonds. The second kappa shape index (κ2) is 5.81. The number of rotatable bonds is 3. The lowest BCUT2D eigenvalue weighted by molar-refractivity contribution is -0.116. The van der Waals surface area contributed by atoms with Crippen molar-refractivity contribution in [3.63, 3.8) is 0 Å². The number of pyridine rings is 1. The van der Waals surface area contributed by atoms with Gasteiger partial charge in [-0.05, 0) is 36.8 Å². The maximum absolute atomic E-state index is 12.2. The first-order valence-electron chi connectivity index (χ1n) is 6.84. The Bertz CT molecular complexity index is 800. The number of aryl methyl sites for hydroxylation is 1. The van der Waals surface area contributed by atoms with Crippen molar-refractivity contribution in [2.45, 2.75) is 6.92 Å². The molecule has 1 aromatic heterocycles. The molecule has 2 aromatic rings. The zero-order valence-electron chi connectivity index (χ0n) is 12.2. The van der Waals surface area contributed by atoms with E-state index >= 15 is 0 Å². The molecule has 0 aliphatic carbocycles. The van der Waals surface area contributed by atoms with Crippen LogP contribution in [0, 0.1) is 6.92 Å². The van der Waals surface area contributed by atoms with Crippen molar-refractivity contribution in [2.75, 3.05) is 11.9 Å². The minimum atomic E-state index is -0.566. The normalized spacial score (nSPS) is 13.2. The van der Waals surface area contributed by atoms with Crippen molar-refractivity contribution in [3.05, 3.63) is 58.4 Å². The predicted octanol–water partition coefficient (Wildman–Crippen LogP) is 2.28. The molecule has 0 unspecified atom stereocenters. The highest BCUT2D eigenvalue weighted by molar-refractivity contribution is 6.31. The van der Waals surface area contributed by atoms with Gasteiger partial charge in [0.15, 0.2) is 0 Å². The van der Waals surface area contributed by atoms with Gasteiger partial charge in [-0.3, -0.25) is 24.3 Å². The zero-order chi connectivity index (χ0) is 16.6. The number of amides is 3. The first-order valence-corrected chi connectivity index (χ1v) is 7.22. The molecule has 0 atom stereocenters. The van der Waals surface area contributed by atoms with Gasteiger partial charge in [0, 0.05) is 16.9 Å². The van der Waals surface area contributed by atoms with Crippen LogP contribution in [-0.2, 0) is 4.79 Å². The van der Waals surface area contributed by atoms with Gasteiger partial charge in [-0.15, -0.1) is 0 Å². The van der Waals surface area contributed by atoms with E-state index in [-0.39, 0.29) is 17.8 Å². The average molecular weight is 330 g/mol. The summed E-state index contributed by atoms with van der Waals surface area (Å²) in [5.41, 5.74) is 1.65. The van der Waals surface area contributed by atoms with E-state index in [4.69, 9.17) is 11.6 Å². The summed E-state index contributed by atoms with van der Waals surface area (Å²) in [6, 6.07) is 8.18. The summed E-state index contributed by atoms with van der Waals surface area (Å²) < 4.78 is 0. The first-order chi connectivity index (χ1) is 11.0. The molecular weight excluding hydrogens is 318 g/mol. The third-order valence-corrected chi connectivity index (χ3v) is 3.74. The van der Waals surface area contributed by atoms with Crippen LogP contribution >= 0.6 is 11.6 Å². The standard InChI is InChI=1S/C16H12ClN3O3/c1-9-4-5-10(17)7-12(9)19-13(21)8-20-15(22)11-3-2-6-18-14(11)16(20)23/h2-7H,8H2,1H3,(H,19,21). The molecule has 0 bridgehead atoms. The van der Waals surface area contributed by atoms with Crippen molar-refractivity contribution < 1.29 is 14.4 Å². The summed E-state index contributed by atoms with van der Waals surface area (Å²) >= 11 is 5.90. The van der Waals surface area contributed by atoms with Gasteiger partial charge in [0.05, 0.1) is 5.56 Å². The van der Waals surface area contributed by atoms with Crippen LogP contribution in [0.2, 0.25) is 5.02 Å². The third-order valence-electron chi connectivity index (χ3n) is 3.51. The SMILES string of the molecule is Cc1ccc(Cl)cc1NC(=O)CN1C(=O)c2cccnc2C1=O. The largest absolute Gasteiger partial charge is 0.324 e. The second-order valence-corrected chi connectivity index (χ2v) is 5.54. The van der Waals surface area contributed by atoms with Crippen LogP contribution in [0.3, 0.4) is 0 Å². The summed E-state index contributed by atoms with van der Waals surface area (Å²) in [5, 5.41) is 3.14. The quantitative estimate of drug-likeness (QED) is 0.876. The molecule has 2 heterocycles. The van der Waals surface area contributed by atoms with Gasteiger partial charge in [-0.2, -0.15) is 0 Å². The van der Waals surface area contributed by atoms with Crippen LogP contribution < -0.4 is 5.32 Å². The number of carbonyl (C=O) groups excluding carboxylic acids is 3. The lowest BCUT2D eigenvalue weighted by atomic mass is 10.2. The molecule has 0 saturated carbocycles. The lowest BCUT2D eigenvalue weighted by Gasteiger charge is -2.14. The van der Waals surface area contributed by atoms with E-state index in [2.05, 4.69) is 10.3 Å². The Hall–Kier alpha value is -2.73. The van der Waals surface area contributed by atoms with E-state index < -0.39 is 17.7 Å². The molecule has 6 nitrogen and oxygen atoms in total. The molecule has 1 aromatic carbocycles. The van der Waals surface area contributed by atoms with Gasteiger partial charge in [0.25, 0.3) is 11.8 Å². The van der Waals surface area contributed by atoms with E-state index in [0.717, 1.165) is 10.5 Å². The lowest BCUT2D eigenvalue weighted by Crippen LogP contribution is -2.37. The highest BCUT2D eigenvalue weighted by Gasteiger charge is 2.37. The fourth-order valence-corrected chi connectivity index (χ4v) is 2.49. The number of nitrogens with one attached hydrogen (secondary N) is 1. The van der Waals surface area contributed by atoms with E-state index in [0.29, 0.717) is 10.7 Å². The van der Waals surface area contributed by atoms with Gasteiger partial charge >= 0.3 is 0 Å². The van der Waals surface area contributed by atoms with E-state index in [9.17, 15) is 14.4 Å². The number of hydrogen-bond acceptors (Lipinski definition) is 4. The van der Waals surface area contributed by atoms with E-state index in [1.165, 1.54) is 12.3 Å². The Kier molecular flexibility index (Phi) is 3.83. The Balaban J connectivity index is 1.76. The molecule has 0 radical (unpaired) electrons. The summed E-state index contributed by atoms with van der Waals surface area (Å²) in [5.74, 6) is -1.57. The summed E-state index contributed by atoms with van der Waals surface area (Å²) in [6.07, 6.45) is 1.43. The van der Waals surface area contributed by atoms with E-state index in [1.807, 2.05) is 6.92 Å². The Morgan fingerprint density at radius 3 is 2.78 bits per heavy atom. The number of fused-ring (bicyclic) bond motifs is 1. The van der Waals surface area contributed by atoms with Crippen LogP contribution in [-0.4, -0.2) is 34.2 Å².